The molecule has 1 aliphatic carbocycles. The van der Waals surface area contributed by atoms with Gasteiger partial charge in [0.15, 0.2) is 0 Å². The van der Waals surface area contributed by atoms with Crippen LogP contribution in [-0.4, -0.2) is 8.32 Å². The van der Waals surface area contributed by atoms with Crippen LogP contribution in [0.5, 0.6) is 0 Å². The lowest BCUT2D eigenvalue weighted by molar-refractivity contribution is 0.377. The van der Waals surface area contributed by atoms with Gasteiger partial charge in [-0.05, 0) is 35.7 Å². The first-order valence-electron chi connectivity index (χ1n) is 8.34. The van der Waals surface area contributed by atoms with Gasteiger partial charge in [0.25, 0.3) is 0 Å². The Morgan fingerprint density at radius 2 is 1.67 bits per heavy atom. The third-order valence-corrected chi connectivity index (χ3v) is 9.27. The Bertz CT molecular complexity index is 489. The molecule has 0 unspecified atom stereocenters. The van der Waals surface area contributed by atoms with Crippen LogP contribution in [0.15, 0.2) is 53.8 Å². The first-order valence-corrected chi connectivity index (χ1v) is 10.9. The van der Waals surface area contributed by atoms with Gasteiger partial charge in [-0.25, -0.2) is 0 Å². The molecule has 2 rings (SSSR count). The molecule has 0 saturated heterocycles. The molecular formula is C19H28OSi. The van der Waals surface area contributed by atoms with Crippen LogP contribution in [-0.2, 0) is 10.8 Å². The third-order valence-electron chi connectivity index (χ3n) is 4.73. The molecule has 0 spiro atoms. The van der Waals surface area contributed by atoms with Crippen molar-refractivity contribution in [1.82, 2.24) is 0 Å². The minimum Gasteiger partial charge on any atom is -0.546 e. The van der Waals surface area contributed by atoms with Gasteiger partial charge in [0.2, 0.25) is 8.32 Å². The molecule has 21 heavy (non-hydrogen) atoms. The number of benzene rings is 1. The van der Waals surface area contributed by atoms with E-state index in [-0.39, 0.29) is 0 Å². The SMILES string of the molecule is CC[Si](CC)(CC)OC1=C(Cc2ccccc2)C=CCC1. The minimum absolute atomic E-state index is 0.994. The standard InChI is InChI=1S/C19H28OSi/c1-4-21(5-2,6-3)20-19-15-11-10-14-18(19)16-17-12-8-7-9-13-17/h7-10,12-14H,4-6,11,15-16H2,1-3H3. The molecule has 1 aliphatic rings. The Morgan fingerprint density at radius 3 is 2.29 bits per heavy atom. The molecule has 0 saturated carbocycles. The van der Waals surface area contributed by atoms with Crippen LogP contribution < -0.4 is 0 Å². The van der Waals surface area contributed by atoms with Crippen LogP contribution in [0.4, 0.5) is 0 Å². The molecule has 2 heteroatoms. The third kappa shape index (κ3) is 4.10. The predicted octanol–water partition coefficient (Wildman–Crippen LogP) is 5.86. The summed E-state index contributed by atoms with van der Waals surface area (Å²) in [6.45, 7) is 6.90. The molecule has 0 N–H and O–H groups in total. The zero-order valence-electron chi connectivity index (χ0n) is 13.7. The zero-order valence-corrected chi connectivity index (χ0v) is 14.7. The maximum atomic E-state index is 6.68. The quantitative estimate of drug-likeness (QED) is 0.573. The highest BCUT2D eigenvalue weighted by Gasteiger charge is 2.32. The molecule has 0 aromatic heterocycles. The Kier molecular flexibility index (Phi) is 5.86. The zero-order chi connectivity index (χ0) is 15.1. The van der Waals surface area contributed by atoms with Gasteiger partial charge in [-0.1, -0.05) is 63.3 Å². The lowest BCUT2D eigenvalue weighted by atomic mass is 9.98. The first kappa shape index (κ1) is 16.1. The summed E-state index contributed by atoms with van der Waals surface area (Å²) < 4.78 is 6.68. The van der Waals surface area contributed by atoms with E-state index in [9.17, 15) is 0 Å². The summed E-state index contributed by atoms with van der Waals surface area (Å²) in [6.07, 6.45) is 7.77. The van der Waals surface area contributed by atoms with Gasteiger partial charge < -0.3 is 4.43 Å². The highest BCUT2D eigenvalue weighted by Crippen LogP contribution is 2.31. The lowest BCUT2D eigenvalue weighted by Crippen LogP contribution is -2.36. The van der Waals surface area contributed by atoms with Gasteiger partial charge in [-0.2, -0.15) is 0 Å². The second kappa shape index (κ2) is 7.65. The van der Waals surface area contributed by atoms with Crippen molar-refractivity contribution in [1.29, 1.82) is 0 Å². The van der Waals surface area contributed by atoms with Crippen LogP contribution in [0.2, 0.25) is 18.1 Å². The van der Waals surface area contributed by atoms with Gasteiger partial charge in [0.05, 0.1) is 5.76 Å². The highest BCUT2D eigenvalue weighted by atomic mass is 28.4. The molecule has 0 amide bonds. The fourth-order valence-corrected chi connectivity index (χ4v) is 5.70. The average molecular weight is 301 g/mol. The molecule has 114 valence electrons. The minimum atomic E-state index is -1.56. The predicted molar refractivity (Wildman–Crippen MR) is 93.8 cm³/mol. The monoisotopic (exact) mass is 300 g/mol. The van der Waals surface area contributed by atoms with Gasteiger partial charge in [0, 0.05) is 12.8 Å². The second-order valence-electron chi connectivity index (χ2n) is 5.90. The molecule has 1 nitrogen and oxygen atoms in total. The van der Waals surface area contributed by atoms with Crippen molar-refractivity contribution in [2.45, 2.75) is 58.2 Å². The summed E-state index contributed by atoms with van der Waals surface area (Å²) in [5.41, 5.74) is 2.76. The Labute approximate surface area is 130 Å². The van der Waals surface area contributed by atoms with E-state index in [1.807, 2.05) is 0 Å². The van der Waals surface area contributed by atoms with Gasteiger partial charge in [-0.15, -0.1) is 0 Å². The van der Waals surface area contributed by atoms with Crippen LogP contribution >= 0.6 is 0 Å². The topological polar surface area (TPSA) is 9.23 Å². The molecule has 0 radical (unpaired) electrons. The smallest absolute Gasteiger partial charge is 0.250 e. The average Bonchev–Trinajstić information content (AvgIpc) is 2.55. The fraction of sp³-hybridized carbons (Fsp3) is 0.474. The molecule has 0 aliphatic heterocycles. The fourth-order valence-electron chi connectivity index (χ4n) is 3.01. The molecule has 1 aromatic carbocycles. The Morgan fingerprint density at radius 1 is 1.00 bits per heavy atom. The number of hydrogen-bond donors (Lipinski definition) is 0. The number of hydrogen-bond acceptors (Lipinski definition) is 1. The van der Waals surface area contributed by atoms with Crippen LogP contribution in [0.3, 0.4) is 0 Å². The number of allylic oxidation sites excluding steroid dienone is 4. The maximum Gasteiger partial charge on any atom is 0.250 e. The largest absolute Gasteiger partial charge is 0.546 e. The van der Waals surface area contributed by atoms with E-state index in [1.165, 1.54) is 35.0 Å². The molecule has 0 bridgehead atoms. The van der Waals surface area contributed by atoms with E-state index in [4.69, 9.17) is 4.43 Å². The van der Waals surface area contributed by atoms with Crippen LogP contribution in [0, 0.1) is 0 Å². The van der Waals surface area contributed by atoms with E-state index in [1.54, 1.807) is 0 Å². The highest BCUT2D eigenvalue weighted by molar-refractivity contribution is 6.73. The summed E-state index contributed by atoms with van der Waals surface area (Å²) in [7, 11) is -1.56. The first-order chi connectivity index (χ1) is 10.2. The van der Waals surface area contributed by atoms with Crippen molar-refractivity contribution in [2.24, 2.45) is 0 Å². The second-order valence-corrected chi connectivity index (χ2v) is 10.6. The van der Waals surface area contributed by atoms with Gasteiger partial charge in [-0.3, -0.25) is 0 Å². The lowest BCUT2D eigenvalue weighted by Gasteiger charge is -2.32. The van der Waals surface area contributed by atoms with E-state index in [2.05, 4.69) is 63.3 Å². The van der Waals surface area contributed by atoms with Gasteiger partial charge >= 0.3 is 0 Å². The van der Waals surface area contributed by atoms with E-state index >= 15 is 0 Å². The van der Waals surface area contributed by atoms with Crippen LogP contribution in [0.25, 0.3) is 0 Å². The maximum absolute atomic E-state index is 6.68. The van der Waals surface area contributed by atoms with Crippen molar-refractivity contribution in [2.75, 3.05) is 0 Å². The van der Waals surface area contributed by atoms with Crippen molar-refractivity contribution in [3.05, 3.63) is 59.4 Å². The molecular weight excluding hydrogens is 272 g/mol. The van der Waals surface area contributed by atoms with E-state index < -0.39 is 8.32 Å². The summed E-state index contributed by atoms with van der Waals surface area (Å²) >= 11 is 0. The Hall–Kier alpha value is -1.28. The number of rotatable bonds is 7. The molecule has 1 aromatic rings. The summed E-state index contributed by atoms with van der Waals surface area (Å²) in [6, 6.07) is 14.4. The van der Waals surface area contributed by atoms with Crippen molar-refractivity contribution in [3.8, 4) is 0 Å². The van der Waals surface area contributed by atoms with Crippen molar-refractivity contribution in [3.63, 3.8) is 0 Å². The molecule has 0 heterocycles. The van der Waals surface area contributed by atoms with Crippen LogP contribution in [0.1, 0.15) is 39.2 Å². The summed E-state index contributed by atoms with van der Waals surface area (Å²) in [5, 5.41) is 0. The van der Waals surface area contributed by atoms with Crippen molar-refractivity contribution >= 4 is 8.32 Å². The van der Waals surface area contributed by atoms with Crippen molar-refractivity contribution < 1.29 is 4.43 Å². The summed E-state index contributed by atoms with van der Waals surface area (Å²) in [4.78, 5) is 0. The Balaban J connectivity index is 2.22. The van der Waals surface area contributed by atoms with E-state index in [0.29, 0.717) is 0 Å². The van der Waals surface area contributed by atoms with Gasteiger partial charge in [0.1, 0.15) is 0 Å². The molecule has 0 fully saturated rings. The normalized spacial score (nSPS) is 15.4. The van der Waals surface area contributed by atoms with E-state index in [0.717, 1.165) is 19.3 Å². The summed E-state index contributed by atoms with van der Waals surface area (Å²) in [5.74, 6) is 1.28. The molecule has 0 atom stereocenters.